The van der Waals surface area contributed by atoms with Gasteiger partial charge in [-0.05, 0) is 31.4 Å². The summed E-state index contributed by atoms with van der Waals surface area (Å²) in [7, 11) is 3.10. The molecule has 4 nitrogen and oxygen atoms in total. The van der Waals surface area contributed by atoms with Gasteiger partial charge >= 0.3 is 5.97 Å². The number of methoxy groups -OCH3 is 2. The van der Waals surface area contributed by atoms with Gasteiger partial charge in [0, 0.05) is 11.1 Å². The fraction of sp³-hybridized carbons (Fsp3) is 0.500. The van der Waals surface area contributed by atoms with E-state index < -0.39 is 5.41 Å². The van der Waals surface area contributed by atoms with Crippen LogP contribution < -0.4 is 9.47 Å². The van der Waals surface area contributed by atoms with Gasteiger partial charge in [0.25, 0.3) is 0 Å². The van der Waals surface area contributed by atoms with Crippen LogP contribution in [0.2, 0.25) is 5.02 Å². The molecule has 0 saturated heterocycles. The van der Waals surface area contributed by atoms with E-state index in [9.17, 15) is 4.79 Å². The number of halogens is 1. The van der Waals surface area contributed by atoms with Crippen LogP contribution in [0.1, 0.15) is 25.3 Å². The first-order chi connectivity index (χ1) is 9.08. The summed E-state index contributed by atoms with van der Waals surface area (Å²) in [6, 6.07) is 3.44. The van der Waals surface area contributed by atoms with Crippen LogP contribution >= 0.6 is 11.6 Å². The zero-order valence-electron chi connectivity index (χ0n) is 11.3. The first-order valence-electron chi connectivity index (χ1n) is 6.18. The molecule has 104 valence electrons. The predicted molar refractivity (Wildman–Crippen MR) is 72.1 cm³/mol. The minimum Gasteiger partial charge on any atom is -0.493 e. The fourth-order valence-electron chi connectivity index (χ4n) is 2.20. The molecule has 1 aliphatic carbocycles. The highest BCUT2D eigenvalue weighted by Gasteiger charge is 2.54. The van der Waals surface area contributed by atoms with Crippen molar-refractivity contribution in [2.75, 3.05) is 20.8 Å². The normalized spacial score (nSPS) is 15.8. The number of esters is 1. The molecule has 0 spiro atoms. The number of carbonyl (C=O) groups excluding carboxylic acids is 1. The number of carbonyl (C=O) groups is 1. The van der Waals surface area contributed by atoms with Crippen LogP contribution in [0.5, 0.6) is 11.5 Å². The van der Waals surface area contributed by atoms with Crippen LogP contribution in [0.15, 0.2) is 12.1 Å². The topological polar surface area (TPSA) is 44.8 Å². The summed E-state index contributed by atoms with van der Waals surface area (Å²) in [4.78, 5) is 12.1. The van der Waals surface area contributed by atoms with Gasteiger partial charge in [-0.25, -0.2) is 0 Å². The molecule has 19 heavy (non-hydrogen) atoms. The molecule has 1 aromatic carbocycles. The number of benzene rings is 1. The minimum absolute atomic E-state index is 0.218. The molecule has 0 aromatic heterocycles. The average molecular weight is 285 g/mol. The molecule has 0 unspecified atom stereocenters. The molecule has 0 N–H and O–H groups in total. The van der Waals surface area contributed by atoms with Gasteiger partial charge in [0.2, 0.25) is 0 Å². The van der Waals surface area contributed by atoms with Gasteiger partial charge in [0.05, 0.1) is 26.2 Å². The Hall–Kier alpha value is -1.42. The molecule has 0 bridgehead atoms. The second kappa shape index (κ2) is 5.29. The molecule has 1 fully saturated rings. The van der Waals surface area contributed by atoms with E-state index in [0.717, 1.165) is 18.4 Å². The highest BCUT2D eigenvalue weighted by atomic mass is 35.5. The SMILES string of the molecule is CCOC(=O)C1(c2cc(OC)c(OC)cc2Cl)CC1. The molecular formula is C14H17ClO4. The third-order valence-corrected chi connectivity index (χ3v) is 3.72. The molecule has 1 aromatic rings. The summed E-state index contributed by atoms with van der Waals surface area (Å²) >= 11 is 6.26. The van der Waals surface area contributed by atoms with Crippen LogP contribution in [0.25, 0.3) is 0 Å². The molecule has 1 aliphatic rings. The van der Waals surface area contributed by atoms with E-state index in [1.165, 1.54) is 0 Å². The lowest BCUT2D eigenvalue weighted by molar-refractivity contribution is -0.146. The highest BCUT2D eigenvalue weighted by Crippen LogP contribution is 2.53. The molecule has 0 heterocycles. The van der Waals surface area contributed by atoms with Crippen molar-refractivity contribution >= 4 is 17.6 Å². The van der Waals surface area contributed by atoms with Crippen molar-refractivity contribution in [2.24, 2.45) is 0 Å². The molecule has 0 aliphatic heterocycles. The zero-order chi connectivity index (χ0) is 14.0. The van der Waals surface area contributed by atoms with Crippen LogP contribution in [0, 0.1) is 0 Å². The number of ether oxygens (including phenoxy) is 3. The summed E-state index contributed by atoms with van der Waals surface area (Å²) in [5.41, 5.74) is 0.150. The molecule has 2 rings (SSSR count). The van der Waals surface area contributed by atoms with Gasteiger partial charge in [-0.3, -0.25) is 4.79 Å². The van der Waals surface area contributed by atoms with E-state index >= 15 is 0 Å². The standard InChI is InChI=1S/C14H17ClO4/c1-4-19-13(16)14(5-6-14)9-7-11(17-2)12(18-3)8-10(9)15/h7-8H,4-6H2,1-3H3. The maximum Gasteiger partial charge on any atom is 0.316 e. The Bertz CT molecular complexity index is 494. The lowest BCUT2D eigenvalue weighted by Crippen LogP contribution is -2.23. The van der Waals surface area contributed by atoms with Crippen molar-refractivity contribution in [1.29, 1.82) is 0 Å². The number of rotatable bonds is 5. The largest absolute Gasteiger partial charge is 0.493 e. The van der Waals surface area contributed by atoms with Gasteiger partial charge < -0.3 is 14.2 Å². The van der Waals surface area contributed by atoms with E-state index in [1.807, 2.05) is 0 Å². The van der Waals surface area contributed by atoms with Crippen molar-refractivity contribution in [2.45, 2.75) is 25.2 Å². The molecule has 0 atom stereocenters. The Morgan fingerprint density at radius 3 is 2.32 bits per heavy atom. The predicted octanol–water partition coefficient (Wildman–Crippen LogP) is 2.95. The second-order valence-electron chi connectivity index (χ2n) is 4.49. The second-order valence-corrected chi connectivity index (χ2v) is 4.90. The van der Waals surface area contributed by atoms with Crippen molar-refractivity contribution in [3.8, 4) is 11.5 Å². The minimum atomic E-state index is -0.605. The molecular weight excluding hydrogens is 268 g/mol. The van der Waals surface area contributed by atoms with Crippen LogP contribution in [0.4, 0.5) is 0 Å². The maximum absolute atomic E-state index is 12.1. The van der Waals surface area contributed by atoms with Crippen molar-refractivity contribution in [3.05, 3.63) is 22.7 Å². The van der Waals surface area contributed by atoms with Crippen molar-refractivity contribution < 1.29 is 19.0 Å². The Kier molecular flexibility index (Phi) is 3.90. The Labute approximate surface area is 117 Å². The quantitative estimate of drug-likeness (QED) is 0.780. The van der Waals surface area contributed by atoms with Crippen LogP contribution in [-0.2, 0) is 14.9 Å². The molecule has 1 saturated carbocycles. The van der Waals surface area contributed by atoms with Crippen LogP contribution in [0.3, 0.4) is 0 Å². The first kappa shape index (κ1) is 14.0. The third-order valence-electron chi connectivity index (χ3n) is 3.40. The maximum atomic E-state index is 12.1. The fourth-order valence-corrected chi connectivity index (χ4v) is 2.53. The highest BCUT2D eigenvalue weighted by molar-refractivity contribution is 6.32. The van der Waals surface area contributed by atoms with Gasteiger partial charge in [0.15, 0.2) is 11.5 Å². The summed E-state index contributed by atoms with van der Waals surface area (Å²) < 4.78 is 15.6. The van der Waals surface area contributed by atoms with E-state index in [-0.39, 0.29) is 5.97 Å². The molecule has 5 heteroatoms. The van der Waals surface area contributed by atoms with E-state index in [0.29, 0.717) is 23.1 Å². The summed E-state index contributed by atoms with van der Waals surface area (Å²) in [5.74, 6) is 0.900. The zero-order valence-corrected chi connectivity index (χ0v) is 12.0. The van der Waals surface area contributed by atoms with Gasteiger partial charge in [-0.1, -0.05) is 11.6 Å². The van der Waals surface area contributed by atoms with E-state index in [2.05, 4.69) is 0 Å². The molecule has 0 amide bonds. The van der Waals surface area contributed by atoms with Gasteiger partial charge in [-0.15, -0.1) is 0 Å². The van der Waals surface area contributed by atoms with E-state index in [1.54, 1.807) is 33.3 Å². The lowest BCUT2D eigenvalue weighted by Gasteiger charge is -2.18. The third kappa shape index (κ3) is 2.37. The monoisotopic (exact) mass is 284 g/mol. The first-order valence-corrected chi connectivity index (χ1v) is 6.56. The summed E-state index contributed by atoms with van der Waals surface area (Å²) in [6.07, 6.45) is 1.50. The van der Waals surface area contributed by atoms with Crippen LogP contribution in [-0.4, -0.2) is 26.8 Å². The molecule has 0 radical (unpaired) electrons. The Morgan fingerprint density at radius 2 is 1.84 bits per heavy atom. The Balaban J connectivity index is 2.43. The van der Waals surface area contributed by atoms with Gasteiger partial charge in [0.1, 0.15) is 0 Å². The average Bonchev–Trinajstić information content (AvgIpc) is 3.20. The van der Waals surface area contributed by atoms with Gasteiger partial charge in [-0.2, -0.15) is 0 Å². The van der Waals surface area contributed by atoms with Crippen molar-refractivity contribution in [3.63, 3.8) is 0 Å². The lowest BCUT2D eigenvalue weighted by atomic mass is 9.95. The summed E-state index contributed by atoms with van der Waals surface area (Å²) in [5, 5.41) is 0.503. The van der Waals surface area contributed by atoms with E-state index in [4.69, 9.17) is 25.8 Å². The number of hydrogen-bond acceptors (Lipinski definition) is 4. The smallest absolute Gasteiger partial charge is 0.316 e. The Morgan fingerprint density at radius 1 is 1.26 bits per heavy atom. The number of hydrogen-bond donors (Lipinski definition) is 0. The van der Waals surface area contributed by atoms with Crippen molar-refractivity contribution in [1.82, 2.24) is 0 Å². The summed E-state index contributed by atoms with van der Waals surface area (Å²) in [6.45, 7) is 2.16.